The van der Waals surface area contributed by atoms with Gasteiger partial charge in [-0.3, -0.25) is 0 Å². The number of ether oxygens (including phenoxy) is 6. The maximum Gasteiger partial charge on any atom is 0.407 e. The minimum absolute atomic E-state index is 0.227. The lowest BCUT2D eigenvalue weighted by Crippen LogP contribution is -2.60. The van der Waals surface area contributed by atoms with Crippen molar-refractivity contribution < 1.29 is 38.0 Å². The Bertz CT molecular complexity index is 1520. The van der Waals surface area contributed by atoms with Gasteiger partial charge in [-0.25, -0.2) is 9.59 Å². The molecule has 5 rings (SSSR count). The molecule has 1 aliphatic heterocycles. The minimum Gasteiger partial charge on any atom is -0.450 e. The first-order valence-electron chi connectivity index (χ1n) is 16.9. The molecule has 0 radical (unpaired) electrons. The van der Waals surface area contributed by atoms with E-state index < -0.39 is 42.8 Å². The maximum atomic E-state index is 13.4. The first-order chi connectivity index (χ1) is 24.1. The van der Waals surface area contributed by atoms with Crippen LogP contribution in [0.3, 0.4) is 0 Å². The lowest BCUT2D eigenvalue weighted by Gasteiger charge is -2.44. The summed E-state index contributed by atoms with van der Waals surface area (Å²) in [5.74, 6) is -0.502. The highest BCUT2D eigenvalue weighted by molar-refractivity contribution is 5.89. The monoisotopic (exact) mass is 667 g/mol. The van der Waals surface area contributed by atoms with Gasteiger partial charge in [0, 0.05) is 13.2 Å². The average molecular weight is 668 g/mol. The molecule has 0 aliphatic carbocycles. The largest absolute Gasteiger partial charge is 0.450 e. The van der Waals surface area contributed by atoms with Gasteiger partial charge < -0.3 is 33.7 Å². The Morgan fingerprint density at radius 1 is 0.612 bits per heavy atom. The third kappa shape index (κ3) is 11.5. The number of nitrogens with one attached hydrogen (secondary N) is 1. The highest BCUT2D eigenvalue weighted by Gasteiger charge is 2.49. The van der Waals surface area contributed by atoms with Crippen LogP contribution in [0.15, 0.2) is 121 Å². The number of alkyl carbamates (subject to hydrolysis) is 1. The topological polar surface area (TPSA) is 102 Å². The summed E-state index contributed by atoms with van der Waals surface area (Å²) in [6, 6.07) is 38.1. The molecule has 1 aliphatic rings. The van der Waals surface area contributed by atoms with Crippen LogP contribution in [-0.2, 0) is 48.2 Å². The lowest BCUT2D eigenvalue weighted by atomic mass is 9.98. The van der Waals surface area contributed by atoms with Gasteiger partial charge in [0.2, 0.25) is 0 Å². The number of hydrogen-bond donors (Lipinski definition) is 1. The third-order valence-corrected chi connectivity index (χ3v) is 8.14. The van der Waals surface area contributed by atoms with Gasteiger partial charge in [-0.2, -0.15) is 0 Å². The quantitative estimate of drug-likeness (QED) is 0.0929. The number of unbranched alkanes of at least 4 members (excludes halogenated alkanes) is 2. The van der Waals surface area contributed by atoms with Crippen LogP contribution in [-0.4, -0.2) is 55.9 Å². The zero-order valence-corrected chi connectivity index (χ0v) is 27.9. The summed E-state index contributed by atoms with van der Waals surface area (Å²) in [4.78, 5) is 25.5. The van der Waals surface area contributed by atoms with Crippen LogP contribution in [0.25, 0.3) is 0 Å². The molecule has 0 unspecified atom stereocenters. The Kier molecular flexibility index (Phi) is 14.2. The van der Waals surface area contributed by atoms with Crippen molar-refractivity contribution in [1.29, 1.82) is 0 Å². The van der Waals surface area contributed by atoms with Crippen LogP contribution < -0.4 is 5.32 Å². The number of amides is 1. The Labute approximate surface area is 288 Å². The van der Waals surface area contributed by atoms with Crippen molar-refractivity contribution in [1.82, 2.24) is 5.32 Å². The van der Waals surface area contributed by atoms with Gasteiger partial charge >= 0.3 is 12.1 Å². The molecule has 0 saturated carbocycles. The zero-order valence-electron chi connectivity index (χ0n) is 27.9. The number of rotatable bonds is 17. The van der Waals surface area contributed by atoms with E-state index in [0.29, 0.717) is 31.7 Å². The highest BCUT2D eigenvalue weighted by Crippen LogP contribution is 2.31. The van der Waals surface area contributed by atoms with Crippen LogP contribution in [0.1, 0.15) is 53.2 Å². The number of benzene rings is 4. The van der Waals surface area contributed by atoms with E-state index in [0.717, 1.165) is 29.5 Å². The molecule has 5 atom stereocenters. The van der Waals surface area contributed by atoms with Crippen LogP contribution in [0.2, 0.25) is 0 Å². The van der Waals surface area contributed by atoms with Crippen molar-refractivity contribution in [3.63, 3.8) is 0 Å². The normalized spacial score (nSPS) is 20.3. The van der Waals surface area contributed by atoms with Crippen LogP contribution in [0, 0.1) is 0 Å². The summed E-state index contributed by atoms with van der Waals surface area (Å²) in [7, 11) is 0. The van der Waals surface area contributed by atoms with Crippen molar-refractivity contribution in [3.8, 4) is 0 Å². The molecule has 0 aromatic heterocycles. The lowest BCUT2D eigenvalue weighted by molar-refractivity contribution is -0.308. The zero-order chi connectivity index (χ0) is 34.1. The van der Waals surface area contributed by atoms with Crippen LogP contribution >= 0.6 is 0 Å². The second-order valence-electron chi connectivity index (χ2n) is 11.9. The molecule has 1 N–H and O–H groups in total. The van der Waals surface area contributed by atoms with Gasteiger partial charge in [0.25, 0.3) is 0 Å². The number of hydrogen-bond acceptors (Lipinski definition) is 8. The summed E-state index contributed by atoms with van der Waals surface area (Å²) in [6.45, 7) is 3.61. The molecular weight excluding hydrogens is 622 g/mol. The number of carbonyl (C=O) groups excluding carboxylic acids is 2. The second kappa shape index (κ2) is 19.5. The van der Waals surface area contributed by atoms with E-state index in [1.54, 1.807) is 24.3 Å². The summed E-state index contributed by atoms with van der Waals surface area (Å²) < 4.78 is 37.0. The van der Waals surface area contributed by atoms with Crippen LogP contribution in [0.4, 0.5) is 4.79 Å². The molecule has 9 heteroatoms. The molecule has 258 valence electrons. The first kappa shape index (κ1) is 35.8. The van der Waals surface area contributed by atoms with Crippen molar-refractivity contribution in [3.05, 3.63) is 144 Å². The molecule has 4 aromatic rings. The van der Waals surface area contributed by atoms with Crippen molar-refractivity contribution in [2.45, 2.75) is 76.7 Å². The van der Waals surface area contributed by atoms with E-state index in [1.807, 2.05) is 104 Å². The molecule has 49 heavy (non-hydrogen) atoms. The fourth-order valence-electron chi connectivity index (χ4n) is 5.52. The Morgan fingerprint density at radius 2 is 1.14 bits per heavy atom. The van der Waals surface area contributed by atoms with E-state index in [-0.39, 0.29) is 13.2 Å². The maximum absolute atomic E-state index is 13.4. The highest BCUT2D eigenvalue weighted by atomic mass is 16.7. The molecule has 4 aromatic carbocycles. The predicted molar refractivity (Wildman–Crippen MR) is 184 cm³/mol. The molecule has 1 fully saturated rings. The smallest absolute Gasteiger partial charge is 0.407 e. The standard InChI is InChI=1S/C40H45NO8/c1-30-35(45-27-31-17-7-2-8-18-31)36(46-28-32-19-9-3-10-20-32)37(49-38(42)34-23-13-5-14-24-34)39(48-30)44-26-16-6-15-25-41-40(43)47-29-33-21-11-4-12-22-33/h2-5,7-14,17-24,30,35-37,39H,6,15-16,25-29H2,1H3,(H,41,43)/t30-,35-,36+,37+,39+/m0/s1. The predicted octanol–water partition coefficient (Wildman–Crippen LogP) is 7.24. The summed E-state index contributed by atoms with van der Waals surface area (Å²) in [6.07, 6.45) is -1.65. The van der Waals surface area contributed by atoms with Gasteiger partial charge in [0.1, 0.15) is 18.8 Å². The second-order valence-corrected chi connectivity index (χ2v) is 11.9. The van der Waals surface area contributed by atoms with Crippen molar-refractivity contribution >= 4 is 12.1 Å². The summed E-state index contributed by atoms with van der Waals surface area (Å²) in [5.41, 5.74) is 3.33. The molecule has 0 bridgehead atoms. The van der Waals surface area contributed by atoms with Gasteiger partial charge in [-0.05, 0) is 55.0 Å². The van der Waals surface area contributed by atoms with E-state index >= 15 is 0 Å². The van der Waals surface area contributed by atoms with E-state index in [2.05, 4.69) is 5.32 Å². The molecule has 1 heterocycles. The van der Waals surface area contributed by atoms with E-state index in [9.17, 15) is 9.59 Å². The number of esters is 1. The Morgan fingerprint density at radius 3 is 1.73 bits per heavy atom. The Hall–Kier alpha value is -4.54. The fraction of sp³-hybridized carbons (Fsp3) is 0.350. The average Bonchev–Trinajstić information content (AvgIpc) is 3.15. The molecule has 9 nitrogen and oxygen atoms in total. The Balaban J connectivity index is 1.20. The SMILES string of the molecule is C[C@@H]1O[C@@H](OCCCCCNC(=O)OCc2ccccc2)[C@H](OC(=O)c2ccccc2)[C@H](OCc2ccccc2)[C@H]1OCc1ccccc1. The molecule has 0 spiro atoms. The van der Waals surface area contributed by atoms with E-state index in [1.165, 1.54) is 0 Å². The summed E-state index contributed by atoms with van der Waals surface area (Å²) >= 11 is 0. The minimum atomic E-state index is -0.908. The summed E-state index contributed by atoms with van der Waals surface area (Å²) in [5, 5.41) is 2.79. The van der Waals surface area contributed by atoms with Crippen molar-refractivity contribution in [2.24, 2.45) is 0 Å². The fourth-order valence-corrected chi connectivity index (χ4v) is 5.52. The van der Waals surface area contributed by atoms with Crippen molar-refractivity contribution in [2.75, 3.05) is 13.2 Å². The van der Waals surface area contributed by atoms with Gasteiger partial charge in [0.05, 0.1) is 24.9 Å². The molecule has 1 saturated heterocycles. The van der Waals surface area contributed by atoms with Gasteiger partial charge in [0.15, 0.2) is 12.4 Å². The molecular formula is C40H45NO8. The van der Waals surface area contributed by atoms with Gasteiger partial charge in [-0.1, -0.05) is 109 Å². The van der Waals surface area contributed by atoms with Gasteiger partial charge in [-0.15, -0.1) is 0 Å². The van der Waals surface area contributed by atoms with Crippen LogP contribution in [0.5, 0.6) is 0 Å². The third-order valence-electron chi connectivity index (χ3n) is 8.14. The first-order valence-corrected chi connectivity index (χ1v) is 16.9. The number of carbonyl (C=O) groups is 2. The van der Waals surface area contributed by atoms with E-state index in [4.69, 9.17) is 28.4 Å². The molecule has 1 amide bonds.